The van der Waals surface area contributed by atoms with Gasteiger partial charge in [-0.15, -0.1) is 0 Å². The number of hydrogen-bond acceptors (Lipinski definition) is 3. The van der Waals surface area contributed by atoms with Crippen LogP contribution in [0.1, 0.15) is 58.8 Å². The van der Waals surface area contributed by atoms with Crippen molar-refractivity contribution in [2.45, 2.75) is 70.9 Å². The Hall–Kier alpha value is -0.380. The predicted molar refractivity (Wildman–Crippen MR) is 94.4 cm³/mol. The molecule has 2 bridgehead atoms. The molecule has 132 valence electrons. The van der Waals surface area contributed by atoms with Crippen LogP contribution in [0.25, 0.3) is 0 Å². The largest absolute Gasteiger partial charge is 0.389 e. The van der Waals surface area contributed by atoms with Crippen LogP contribution in [-0.4, -0.2) is 49.0 Å². The molecule has 0 aromatic carbocycles. The van der Waals surface area contributed by atoms with Gasteiger partial charge in [-0.3, -0.25) is 0 Å². The first-order chi connectivity index (χ1) is 11.0. The molecule has 4 aliphatic rings. The Morgan fingerprint density at radius 1 is 1.30 bits per heavy atom. The maximum Gasteiger partial charge on any atom is 0.0900 e. The first kappa shape index (κ1) is 17.4. The number of ether oxygens (including phenoxy) is 1. The van der Waals surface area contributed by atoms with E-state index in [1.807, 2.05) is 0 Å². The molecule has 0 aliphatic heterocycles. The van der Waals surface area contributed by atoms with E-state index >= 15 is 0 Å². The van der Waals surface area contributed by atoms with Crippen molar-refractivity contribution in [3.8, 4) is 0 Å². The molecule has 0 amide bonds. The second-order valence-corrected chi connectivity index (χ2v) is 8.72. The first-order valence-corrected chi connectivity index (χ1v) is 9.63. The lowest BCUT2D eigenvalue weighted by molar-refractivity contribution is -0.0269. The standard InChI is InChI=1S/C20H35NO2/c1-20(2)16-10-9-15(19(20)11-16)13-23-14-18(22)12-21(3)17-7-5-4-6-8-17/h9,16-19,22H,4-8,10-14H2,1-3H3. The second-order valence-electron chi connectivity index (χ2n) is 8.72. The summed E-state index contributed by atoms with van der Waals surface area (Å²) < 4.78 is 5.87. The van der Waals surface area contributed by atoms with Crippen molar-refractivity contribution in [1.82, 2.24) is 4.90 Å². The summed E-state index contributed by atoms with van der Waals surface area (Å²) in [7, 11) is 2.15. The minimum atomic E-state index is -0.367. The quantitative estimate of drug-likeness (QED) is 0.727. The van der Waals surface area contributed by atoms with E-state index in [0.717, 1.165) is 12.5 Å². The lowest BCUT2D eigenvalue weighted by atomic mass is 9.49. The van der Waals surface area contributed by atoms with Gasteiger partial charge in [-0.25, -0.2) is 0 Å². The van der Waals surface area contributed by atoms with Crippen molar-refractivity contribution in [2.24, 2.45) is 17.3 Å². The molecule has 3 unspecified atom stereocenters. The highest BCUT2D eigenvalue weighted by Gasteiger charge is 2.50. The maximum absolute atomic E-state index is 10.3. The number of allylic oxidation sites excluding steroid dienone is 1. The normalized spacial score (nSPS) is 31.6. The third-order valence-electron chi connectivity index (χ3n) is 6.86. The molecule has 4 rings (SSSR count). The molecule has 0 heterocycles. The molecule has 0 radical (unpaired) electrons. The molecule has 3 heteroatoms. The highest BCUT2D eigenvalue weighted by Crippen LogP contribution is 2.59. The van der Waals surface area contributed by atoms with Crippen molar-refractivity contribution in [3.63, 3.8) is 0 Å². The van der Waals surface area contributed by atoms with Gasteiger partial charge in [0.05, 0.1) is 19.3 Å². The van der Waals surface area contributed by atoms with Crippen molar-refractivity contribution in [3.05, 3.63) is 11.6 Å². The summed E-state index contributed by atoms with van der Waals surface area (Å²) in [6.45, 7) is 6.70. The third-order valence-corrected chi connectivity index (χ3v) is 6.86. The molecule has 0 aromatic rings. The smallest absolute Gasteiger partial charge is 0.0900 e. The summed E-state index contributed by atoms with van der Waals surface area (Å²) in [6, 6.07) is 0.659. The first-order valence-electron chi connectivity index (χ1n) is 9.63. The number of aliphatic hydroxyl groups excluding tert-OH is 1. The Bertz CT molecular complexity index is 425. The molecule has 23 heavy (non-hydrogen) atoms. The number of hydrogen-bond donors (Lipinski definition) is 1. The highest BCUT2D eigenvalue weighted by molar-refractivity contribution is 5.23. The predicted octanol–water partition coefficient (Wildman–Crippen LogP) is 3.62. The van der Waals surface area contributed by atoms with Crippen molar-refractivity contribution in [2.75, 3.05) is 26.8 Å². The third kappa shape index (κ3) is 3.83. The average molecular weight is 322 g/mol. The van der Waals surface area contributed by atoms with Crippen molar-refractivity contribution >= 4 is 0 Å². The van der Waals surface area contributed by atoms with Gasteiger partial charge in [0.1, 0.15) is 0 Å². The van der Waals surface area contributed by atoms with Crippen LogP contribution < -0.4 is 0 Å². The molecule has 0 spiro atoms. The summed E-state index contributed by atoms with van der Waals surface area (Å²) in [5.41, 5.74) is 1.94. The van der Waals surface area contributed by atoms with E-state index in [4.69, 9.17) is 4.74 Å². The van der Waals surface area contributed by atoms with Crippen LogP contribution in [0.15, 0.2) is 11.6 Å². The SMILES string of the molecule is CN(CC(O)COCC1=CCC2CC1C2(C)C)C1CCCCC1. The molecule has 2 saturated carbocycles. The summed E-state index contributed by atoms with van der Waals surface area (Å²) in [4.78, 5) is 2.34. The Morgan fingerprint density at radius 2 is 2.04 bits per heavy atom. The molecular weight excluding hydrogens is 286 g/mol. The van der Waals surface area contributed by atoms with Gasteiger partial charge in [0.25, 0.3) is 0 Å². The van der Waals surface area contributed by atoms with E-state index in [-0.39, 0.29) is 6.10 Å². The second kappa shape index (κ2) is 7.25. The van der Waals surface area contributed by atoms with Gasteiger partial charge in [0.15, 0.2) is 0 Å². The molecule has 1 N–H and O–H groups in total. The van der Waals surface area contributed by atoms with Crippen LogP contribution in [0, 0.1) is 17.3 Å². The van der Waals surface area contributed by atoms with Gasteiger partial charge < -0.3 is 14.7 Å². The number of likely N-dealkylation sites (N-methyl/N-ethyl adjacent to an activating group) is 1. The average Bonchev–Trinajstić information content (AvgIpc) is 2.55. The minimum absolute atomic E-state index is 0.367. The fraction of sp³-hybridized carbons (Fsp3) is 0.900. The highest BCUT2D eigenvalue weighted by atomic mass is 16.5. The van der Waals surface area contributed by atoms with Crippen LogP contribution in [0.3, 0.4) is 0 Å². The fourth-order valence-corrected chi connectivity index (χ4v) is 5.01. The maximum atomic E-state index is 10.3. The topological polar surface area (TPSA) is 32.7 Å². The number of aliphatic hydroxyl groups is 1. The lowest BCUT2D eigenvalue weighted by Crippen LogP contribution is -2.48. The number of fused-ring (bicyclic) bond motifs is 1. The monoisotopic (exact) mass is 321 g/mol. The zero-order valence-corrected chi connectivity index (χ0v) is 15.3. The molecule has 0 saturated heterocycles. The molecule has 4 aliphatic carbocycles. The van der Waals surface area contributed by atoms with Crippen LogP contribution in [-0.2, 0) is 4.74 Å². The lowest BCUT2D eigenvalue weighted by Gasteiger charge is -2.56. The Morgan fingerprint density at radius 3 is 2.70 bits per heavy atom. The van der Waals surface area contributed by atoms with Crippen LogP contribution >= 0.6 is 0 Å². The molecule has 3 nitrogen and oxygen atoms in total. The summed E-state index contributed by atoms with van der Waals surface area (Å²) in [6.07, 6.45) is 11.2. The Balaban J connectivity index is 1.36. The van der Waals surface area contributed by atoms with Gasteiger partial charge in [0, 0.05) is 12.6 Å². The van der Waals surface area contributed by atoms with E-state index in [1.165, 1.54) is 50.5 Å². The van der Waals surface area contributed by atoms with E-state index < -0.39 is 0 Å². The van der Waals surface area contributed by atoms with E-state index in [1.54, 1.807) is 0 Å². The summed E-state index contributed by atoms with van der Waals surface area (Å²) in [5.74, 6) is 1.59. The van der Waals surface area contributed by atoms with E-state index in [0.29, 0.717) is 30.6 Å². The van der Waals surface area contributed by atoms with Gasteiger partial charge in [-0.05, 0) is 55.6 Å². The van der Waals surface area contributed by atoms with E-state index in [9.17, 15) is 5.11 Å². The van der Waals surface area contributed by atoms with Crippen molar-refractivity contribution < 1.29 is 9.84 Å². The van der Waals surface area contributed by atoms with Crippen molar-refractivity contribution in [1.29, 1.82) is 0 Å². The van der Waals surface area contributed by atoms with Crippen LogP contribution in [0.2, 0.25) is 0 Å². The van der Waals surface area contributed by atoms with Gasteiger partial charge in [-0.1, -0.05) is 39.2 Å². The minimum Gasteiger partial charge on any atom is -0.389 e. The summed E-state index contributed by atoms with van der Waals surface area (Å²) in [5, 5.41) is 10.3. The molecule has 2 fully saturated rings. The van der Waals surface area contributed by atoms with E-state index in [2.05, 4.69) is 31.9 Å². The fourth-order valence-electron chi connectivity index (χ4n) is 5.01. The summed E-state index contributed by atoms with van der Waals surface area (Å²) >= 11 is 0. The van der Waals surface area contributed by atoms with Gasteiger partial charge in [-0.2, -0.15) is 0 Å². The Labute approximate surface area is 142 Å². The van der Waals surface area contributed by atoms with Gasteiger partial charge in [0.2, 0.25) is 0 Å². The van der Waals surface area contributed by atoms with Crippen LogP contribution in [0.4, 0.5) is 0 Å². The van der Waals surface area contributed by atoms with Crippen LogP contribution in [0.5, 0.6) is 0 Å². The Kier molecular flexibility index (Phi) is 5.49. The molecule has 0 aromatic heterocycles. The molecular formula is C20H35NO2. The zero-order valence-electron chi connectivity index (χ0n) is 15.3. The zero-order chi connectivity index (χ0) is 16.4. The number of nitrogens with zero attached hydrogens (tertiary/aromatic N) is 1. The molecule has 3 atom stereocenters. The number of rotatable bonds is 7. The van der Waals surface area contributed by atoms with Gasteiger partial charge >= 0.3 is 0 Å².